The molecule has 1 fully saturated rings. The summed E-state index contributed by atoms with van der Waals surface area (Å²) in [6.45, 7) is 1.38. The number of aromatic nitrogens is 2. The Morgan fingerprint density at radius 1 is 1.25 bits per heavy atom. The van der Waals surface area contributed by atoms with E-state index in [1.54, 1.807) is 18.6 Å². The van der Waals surface area contributed by atoms with Crippen molar-refractivity contribution in [2.24, 2.45) is 0 Å². The fraction of sp³-hybridized carbons (Fsp3) is 0.267. The van der Waals surface area contributed by atoms with Crippen molar-refractivity contribution in [3.8, 4) is 0 Å². The number of anilines is 2. The molecular weight excluding hydrogens is 252 g/mol. The van der Waals surface area contributed by atoms with Crippen LogP contribution in [-0.2, 0) is 11.3 Å². The third kappa shape index (κ3) is 2.61. The molecule has 1 saturated heterocycles. The Labute approximate surface area is 117 Å². The van der Waals surface area contributed by atoms with Gasteiger partial charge in [-0.3, -0.25) is 14.8 Å². The Bertz CT molecular complexity index is 600. The highest BCUT2D eigenvalue weighted by atomic mass is 16.2. The Balaban J connectivity index is 1.78. The van der Waals surface area contributed by atoms with Crippen molar-refractivity contribution in [3.63, 3.8) is 0 Å². The molecule has 0 atom stereocenters. The van der Waals surface area contributed by atoms with Gasteiger partial charge in [0.25, 0.3) is 0 Å². The first-order valence-electron chi connectivity index (χ1n) is 6.73. The number of carbonyl (C=O) groups excluding carboxylic acids is 1. The van der Waals surface area contributed by atoms with Gasteiger partial charge < -0.3 is 10.2 Å². The molecule has 0 saturated carbocycles. The van der Waals surface area contributed by atoms with Crippen LogP contribution in [0.3, 0.4) is 0 Å². The van der Waals surface area contributed by atoms with Crippen LogP contribution < -0.4 is 10.2 Å². The van der Waals surface area contributed by atoms with Crippen LogP contribution >= 0.6 is 0 Å². The number of nitrogens with zero attached hydrogens (tertiary/aromatic N) is 3. The molecule has 0 bridgehead atoms. The summed E-state index contributed by atoms with van der Waals surface area (Å²) in [6.07, 6.45) is 6.62. The molecule has 1 amide bonds. The average molecular weight is 268 g/mol. The lowest BCUT2D eigenvalue weighted by Gasteiger charge is -2.20. The van der Waals surface area contributed by atoms with Gasteiger partial charge in [0.15, 0.2) is 0 Å². The second-order valence-corrected chi connectivity index (χ2v) is 4.72. The quantitative estimate of drug-likeness (QED) is 0.923. The zero-order valence-corrected chi connectivity index (χ0v) is 11.1. The lowest BCUT2D eigenvalue weighted by atomic mass is 10.2. The molecule has 102 valence electrons. The highest BCUT2D eigenvalue weighted by molar-refractivity contribution is 5.98. The van der Waals surface area contributed by atoms with Crippen molar-refractivity contribution in [2.45, 2.75) is 19.4 Å². The van der Waals surface area contributed by atoms with Gasteiger partial charge in [0, 0.05) is 25.4 Å². The van der Waals surface area contributed by atoms with Gasteiger partial charge in [-0.05, 0) is 18.6 Å². The molecule has 1 N–H and O–H groups in total. The average Bonchev–Trinajstić information content (AvgIpc) is 2.92. The molecule has 1 aromatic heterocycles. The summed E-state index contributed by atoms with van der Waals surface area (Å²) >= 11 is 0. The molecule has 5 heteroatoms. The zero-order chi connectivity index (χ0) is 13.8. The van der Waals surface area contributed by atoms with Crippen molar-refractivity contribution in [1.29, 1.82) is 0 Å². The number of rotatable bonds is 4. The topological polar surface area (TPSA) is 58.1 Å². The lowest BCUT2D eigenvalue weighted by Crippen LogP contribution is -2.24. The fourth-order valence-electron chi connectivity index (χ4n) is 2.37. The maximum Gasteiger partial charge on any atom is 0.227 e. The molecule has 0 unspecified atom stereocenters. The summed E-state index contributed by atoms with van der Waals surface area (Å²) < 4.78 is 0. The van der Waals surface area contributed by atoms with Crippen LogP contribution in [0.1, 0.15) is 18.5 Å². The Morgan fingerprint density at radius 3 is 2.90 bits per heavy atom. The van der Waals surface area contributed by atoms with E-state index in [9.17, 15) is 4.79 Å². The molecular formula is C15H16N4O. The minimum Gasteiger partial charge on any atom is -0.378 e. The molecule has 1 aliphatic heterocycles. The first kappa shape index (κ1) is 12.6. The van der Waals surface area contributed by atoms with E-state index in [0.717, 1.165) is 30.0 Å². The Morgan fingerprint density at radius 2 is 2.15 bits per heavy atom. The van der Waals surface area contributed by atoms with Crippen molar-refractivity contribution in [3.05, 3.63) is 48.5 Å². The summed E-state index contributed by atoms with van der Waals surface area (Å²) in [5.74, 6) is 0.193. The predicted molar refractivity (Wildman–Crippen MR) is 77.4 cm³/mol. The van der Waals surface area contributed by atoms with Crippen LogP contribution in [0.2, 0.25) is 0 Å². The van der Waals surface area contributed by atoms with Crippen molar-refractivity contribution < 1.29 is 4.79 Å². The largest absolute Gasteiger partial charge is 0.378 e. The van der Waals surface area contributed by atoms with E-state index in [2.05, 4.69) is 15.3 Å². The number of carbonyl (C=O) groups is 1. The van der Waals surface area contributed by atoms with E-state index in [1.807, 2.05) is 29.2 Å². The van der Waals surface area contributed by atoms with E-state index in [-0.39, 0.29) is 5.91 Å². The van der Waals surface area contributed by atoms with Gasteiger partial charge in [-0.1, -0.05) is 12.1 Å². The Kier molecular flexibility index (Phi) is 3.58. The predicted octanol–water partition coefficient (Wildman–Crippen LogP) is 2.22. The van der Waals surface area contributed by atoms with Gasteiger partial charge in [-0.2, -0.15) is 0 Å². The van der Waals surface area contributed by atoms with E-state index >= 15 is 0 Å². The molecule has 1 aliphatic rings. The summed E-state index contributed by atoms with van der Waals surface area (Å²) in [5, 5.41) is 3.33. The van der Waals surface area contributed by atoms with E-state index in [0.29, 0.717) is 13.0 Å². The molecule has 0 spiro atoms. The lowest BCUT2D eigenvalue weighted by molar-refractivity contribution is -0.117. The third-order valence-corrected chi connectivity index (χ3v) is 3.34. The number of nitrogens with one attached hydrogen (secondary N) is 1. The molecule has 0 radical (unpaired) electrons. The minimum absolute atomic E-state index is 0.193. The zero-order valence-electron chi connectivity index (χ0n) is 11.1. The second-order valence-electron chi connectivity index (χ2n) is 4.72. The molecule has 2 heterocycles. The van der Waals surface area contributed by atoms with Gasteiger partial charge in [0.1, 0.15) is 0 Å². The molecule has 20 heavy (non-hydrogen) atoms. The van der Waals surface area contributed by atoms with Gasteiger partial charge in [0.05, 0.1) is 29.8 Å². The van der Waals surface area contributed by atoms with Crippen LogP contribution in [0.4, 0.5) is 11.4 Å². The van der Waals surface area contributed by atoms with Gasteiger partial charge in [-0.25, -0.2) is 0 Å². The first-order chi connectivity index (χ1) is 9.84. The first-order valence-corrected chi connectivity index (χ1v) is 6.73. The van der Waals surface area contributed by atoms with Crippen LogP contribution in [-0.4, -0.2) is 22.4 Å². The van der Waals surface area contributed by atoms with Crippen molar-refractivity contribution in [2.75, 3.05) is 16.8 Å². The molecule has 2 aromatic rings. The van der Waals surface area contributed by atoms with Crippen molar-refractivity contribution >= 4 is 17.3 Å². The molecule has 0 aliphatic carbocycles. The standard InChI is InChI=1S/C15H16N4O/c20-15-6-3-9-19(15)14-5-2-1-4-13(14)18-11-12-10-16-7-8-17-12/h1-2,4-5,7-8,10,18H,3,6,9,11H2. The SMILES string of the molecule is O=C1CCCN1c1ccccc1NCc1cnccn1. The molecule has 3 rings (SSSR count). The number of benzene rings is 1. The van der Waals surface area contributed by atoms with Crippen LogP contribution in [0.15, 0.2) is 42.9 Å². The van der Waals surface area contributed by atoms with Gasteiger partial charge >= 0.3 is 0 Å². The number of para-hydroxylation sites is 2. The second kappa shape index (κ2) is 5.69. The highest BCUT2D eigenvalue weighted by Crippen LogP contribution is 2.29. The maximum absolute atomic E-state index is 11.9. The normalized spacial score (nSPS) is 14.6. The van der Waals surface area contributed by atoms with Gasteiger partial charge in [0.2, 0.25) is 5.91 Å². The van der Waals surface area contributed by atoms with Gasteiger partial charge in [-0.15, -0.1) is 0 Å². The third-order valence-electron chi connectivity index (χ3n) is 3.34. The monoisotopic (exact) mass is 268 g/mol. The van der Waals surface area contributed by atoms with Crippen LogP contribution in [0.5, 0.6) is 0 Å². The fourth-order valence-corrected chi connectivity index (χ4v) is 2.37. The number of amides is 1. The number of hydrogen-bond donors (Lipinski definition) is 1. The molecule has 1 aromatic carbocycles. The van der Waals surface area contributed by atoms with E-state index in [1.165, 1.54) is 0 Å². The molecule has 5 nitrogen and oxygen atoms in total. The Hall–Kier alpha value is -2.43. The van der Waals surface area contributed by atoms with Crippen LogP contribution in [0, 0.1) is 0 Å². The minimum atomic E-state index is 0.193. The highest BCUT2D eigenvalue weighted by Gasteiger charge is 2.23. The number of hydrogen-bond acceptors (Lipinski definition) is 4. The van der Waals surface area contributed by atoms with Crippen molar-refractivity contribution in [1.82, 2.24) is 9.97 Å². The summed E-state index contributed by atoms with van der Waals surface area (Å²) in [5.41, 5.74) is 2.77. The smallest absolute Gasteiger partial charge is 0.227 e. The summed E-state index contributed by atoms with van der Waals surface area (Å²) in [4.78, 5) is 22.0. The van der Waals surface area contributed by atoms with E-state index in [4.69, 9.17) is 0 Å². The maximum atomic E-state index is 11.9. The summed E-state index contributed by atoms with van der Waals surface area (Å²) in [7, 11) is 0. The summed E-state index contributed by atoms with van der Waals surface area (Å²) in [6, 6.07) is 7.87. The van der Waals surface area contributed by atoms with E-state index < -0.39 is 0 Å². The van der Waals surface area contributed by atoms with Crippen LogP contribution in [0.25, 0.3) is 0 Å².